The van der Waals surface area contributed by atoms with Crippen LogP contribution in [0.25, 0.3) is 0 Å². The molecule has 78 valence electrons. The summed E-state index contributed by atoms with van der Waals surface area (Å²) in [4.78, 5) is 11.4. The van der Waals surface area contributed by atoms with Crippen molar-refractivity contribution in [2.75, 3.05) is 0 Å². The molecule has 0 N–H and O–H groups in total. The van der Waals surface area contributed by atoms with Crippen LogP contribution in [0.3, 0.4) is 0 Å². The van der Waals surface area contributed by atoms with Crippen molar-refractivity contribution in [2.24, 2.45) is 0 Å². The maximum absolute atomic E-state index is 11.4. The van der Waals surface area contributed by atoms with Crippen LogP contribution < -0.4 is 0 Å². The first-order valence-electron chi connectivity index (χ1n) is 5.35. The molecule has 0 saturated heterocycles. The van der Waals surface area contributed by atoms with E-state index in [0.29, 0.717) is 5.78 Å². The molecule has 0 aromatic carbocycles. The molecule has 0 aliphatic carbocycles. The second-order valence-electron chi connectivity index (χ2n) is 3.63. The summed E-state index contributed by atoms with van der Waals surface area (Å²) in [6, 6.07) is 2.10. The van der Waals surface area contributed by atoms with Crippen molar-refractivity contribution in [3.05, 3.63) is 22.4 Å². The number of carbonyl (C=O) groups is 1. The Hall–Kier alpha value is -0.630. The van der Waals surface area contributed by atoms with E-state index in [9.17, 15) is 4.79 Å². The molecular weight excluding hydrogens is 192 g/mol. The zero-order chi connectivity index (χ0) is 10.2. The molecule has 0 radical (unpaired) electrons. The average Bonchev–Trinajstić information content (AvgIpc) is 2.68. The summed E-state index contributed by atoms with van der Waals surface area (Å²) >= 11 is 1.70. The molecule has 0 atom stereocenters. The van der Waals surface area contributed by atoms with Crippen LogP contribution in [-0.2, 0) is 11.2 Å². The van der Waals surface area contributed by atoms with Crippen molar-refractivity contribution < 1.29 is 4.79 Å². The second-order valence-corrected chi connectivity index (χ2v) is 4.41. The van der Waals surface area contributed by atoms with Gasteiger partial charge in [-0.25, -0.2) is 0 Å². The molecule has 1 rings (SSSR count). The molecule has 1 nitrogen and oxygen atoms in total. The number of ketones is 1. The number of hydrogen-bond acceptors (Lipinski definition) is 2. The molecule has 0 bridgehead atoms. The van der Waals surface area contributed by atoms with E-state index in [2.05, 4.69) is 23.8 Å². The summed E-state index contributed by atoms with van der Waals surface area (Å²) in [5.41, 5.74) is 1.30. The molecule has 0 spiro atoms. The second kappa shape index (κ2) is 6.77. The molecule has 0 aliphatic rings. The maximum atomic E-state index is 11.4. The molecule has 0 unspecified atom stereocenters. The monoisotopic (exact) mass is 210 g/mol. The fourth-order valence-corrected chi connectivity index (χ4v) is 2.12. The van der Waals surface area contributed by atoms with Gasteiger partial charge >= 0.3 is 0 Å². The largest absolute Gasteiger partial charge is 0.300 e. The van der Waals surface area contributed by atoms with Gasteiger partial charge in [0.15, 0.2) is 0 Å². The lowest BCUT2D eigenvalue weighted by molar-refractivity contribution is -0.119. The van der Waals surface area contributed by atoms with E-state index in [-0.39, 0.29) is 0 Å². The minimum absolute atomic E-state index is 0.421. The van der Waals surface area contributed by atoms with E-state index >= 15 is 0 Å². The Morgan fingerprint density at radius 2 is 2.21 bits per heavy atom. The van der Waals surface area contributed by atoms with Crippen LogP contribution in [-0.4, -0.2) is 5.78 Å². The van der Waals surface area contributed by atoms with Gasteiger partial charge < -0.3 is 0 Å². The summed E-state index contributed by atoms with van der Waals surface area (Å²) in [6.45, 7) is 2.16. The third-order valence-electron chi connectivity index (χ3n) is 2.33. The van der Waals surface area contributed by atoms with Crippen LogP contribution in [0.15, 0.2) is 16.8 Å². The number of rotatable bonds is 7. The van der Waals surface area contributed by atoms with Gasteiger partial charge in [0, 0.05) is 12.8 Å². The van der Waals surface area contributed by atoms with E-state index in [1.165, 1.54) is 18.4 Å². The highest BCUT2D eigenvalue weighted by Crippen LogP contribution is 2.10. The summed E-state index contributed by atoms with van der Waals surface area (Å²) in [5.74, 6) is 0.421. The van der Waals surface area contributed by atoms with Crippen LogP contribution in [0.2, 0.25) is 0 Å². The Bertz CT molecular complexity index is 251. The van der Waals surface area contributed by atoms with Crippen LogP contribution in [0.5, 0.6) is 0 Å². The fourth-order valence-electron chi connectivity index (χ4n) is 1.42. The van der Waals surface area contributed by atoms with Crippen LogP contribution in [0.1, 0.15) is 44.6 Å². The van der Waals surface area contributed by atoms with E-state index < -0.39 is 0 Å². The third-order valence-corrected chi connectivity index (χ3v) is 3.06. The Morgan fingerprint density at radius 1 is 1.36 bits per heavy atom. The highest BCUT2D eigenvalue weighted by Gasteiger charge is 2.02. The number of Topliss-reactive ketones (excluding diaryl/α,β-unsaturated/α-hetero) is 1. The third kappa shape index (κ3) is 4.56. The first-order valence-corrected chi connectivity index (χ1v) is 6.30. The van der Waals surface area contributed by atoms with Gasteiger partial charge in [0.2, 0.25) is 0 Å². The summed E-state index contributed by atoms with van der Waals surface area (Å²) in [5, 5.41) is 4.19. The first kappa shape index (κ1) is 11.4. The van der Waals surface area contributed by atoms with Crippen LogP contribution in [0.4, 0.5) is 0 Å². The van der Waals surface area contributed by atoms with Crippen LogP contribution >= 0.6 is 11.3 Å². The molecule has 1 heterocycles. The highest BCUT2D eigenvalue weighted by molar-refractivity contribution is 7.07. The topological polar surface area (TPSA) is 17.1 Å². The average molecular weight is 210 g/mol. The molecule has 2 heteroatoms. The van der Waals surface area contributed by atoms with Crippen LogP contribution in [0, 0.1) is 0 Å². The van der Waals surface area contributed by atoms with Crippen molar-refractivity contribution in [3.63, 3.8) is 0 Å². The van der Waals surface area contributed by atoms with E-state index in [1.54, 1.807) is 11.3 Å². The smallest absolute Gasteiger partial charge is 0.133 e. The molecule has 0 saturated carbocycles. The van der Waals surface area contributed by atoms with Crippen molar-refractivity contribution in [3.8, 4) is 0 Å². The number of unbranched alkanes of at least 4 members (excludes halogenated alkanes) is 2. The van der Waals surface area contributed by atoms with Gasteiger partial charge in [0.05, 0.1) is 0 Å². The molecule has 0 amide bonds. The standard InChI is InChI=1S/C12H18OS/c1-2-3-4-5-12(13)7-6-11-8-9-14-10-11/h8-10H,2-7H2,1H3. The van der Waals surface area contributed by atoms with E-state index in [0.717, 1.165) is 25.7 Å². The summed E-state index contributed by atoms with van der Waals surface area (Å²) in [6.07, 6.45) is 5.87. The first-order chi connectivity index (χ1) is 6.83. The minimum Gasteiger partial charge on any atom is -0.300 e. The van der Waals surface area contributed by atoms with Gasteiger partial charge in [-0.3, -0.25) is 4.79 Å². The number of thiophene rings is 1. The zero-order valence-electron chi connectivity index (χ0n) is 8.79. The Morgan fingerprint density at radius 3 is 2.86 bits per heavy atom. The Kier molecular flexibility index (Phi) is 5.53. The summed E-state index contributed by atoms with van der Waals surface area (Å²) < 4.78 is 0. The number of hydrogen-bond donors (Lipinski definition) is 0. The van der Waals surface area contributed by atoms with Crippen molar-refractivity contribution in [2.45, 2.75) is 45.4 Å². The molecule has 14 heavy (non-hydrogen) atoms. The van der Waals surface area contributed by atoms with Crippen molar-refractivity contribution >= 4 is 17.1 Å². The zero-order valence-corrected chi connectivity index (χ0v) is 9.61. The van der Waals surface area contributed by atoms with Gasteiger partial charge in [0.25, 0.3) is 0 Å². The predicted molar refractivity (Wildman–Crippen MR) is 61.8 cm³/mol. The Balaban J connectivity index is 2.09. The van der Waals surface area contributed by atoms with Gasteiger partial charge in [-0.05, 0) is 35.2 Å². The predicted octanol–water partition coefficient (Wildman–Crippen LogP) is 3.83. The lowest BCUT2D eigenvalue weighted by atomic mass is 10.1. The molecule has 0 fully saturated rings. The quantitative estimate of drug-likeness (QED) is 0.625. The summed E-state index contributed by atoms with van der Waals surface area (Å²) in [7, 11) is 0. The van der Waals surface area contributed by atoms with Gasteiger partial charge in [0.1, 0.15) is 5.78 Å². The highest BCUT2D eigenvalue weighted by atomic mass is 32.1. The number of carbonyl (C=O) groups excluding carboxylic acids is 1. The minimum atomic E-state index is 0.421. The van der Waals surface area contributed by atoms with Gasteiger partial charge in [-0.2, -0.15) is 11.3 Å². The lowest BCUT2D eigenvalue weighted by Gasteiger charge is -1.98. The van der Waals surface area contributed by atoms with Gasteiger partial charge in [-0.1, -0.05) is 19.8 Å². The van der Waals surface area contributed by atoms with E-state index in [1.807, 2.05) is 0 Å². The maximum Gasteiger partial charge on any atom is 0.133 e. The number of aryl methyl sites for hydroxylation is 1. The Labute approximate surface area is 90.2 Å². The fraction of sp³-hybridized carbons (Fsp3) is 0.583. The molecular formula is C12H18OS. The molecule has 1 aromatic rings. The molecule has 1 aromatic heterocycles. The van der Waals surface area contributed by atoms with Crippen molar-refractivity contribution in [1.82, 2.24) is 0 Å². The van der Waals surface area contributed by atoms with E-state index in [4.69, 9.17) is 0 Å². The normalized spacial score (nSPS) is 10.4. The SMILES string of the molecule is CCCCCC(=O)CCc1ccsc1. The van der Waals surface area contributed by atoms with Crippen molar-refractivity contribution in [1.29, 1.82) is 0 Å². The van der Waals surface area contributed by atoms with Gasteiger partial charge in [-0.15, -0.1) is 0 Å². The molecule has 0 aliphatic heterocycles. The lowest BCUT2D eigenvalue weighted by Crippen LogP contribution is -1.99.